The van der Waals surface area contributed by atoms with E-state index in [2.05, 4.69) is 16.8 Å². The second-order valence-corrected chi connectivity index (χ2v) is 5.20. The smallest absolute Gasteiger partial charge is 0.126 e. The molecule has 3 rings (SSSR count). The molecule has 2 aromatic rings. The molecular weight excluding hydrogens is 249 g/mol. The van der Waals surface area contributed by atoms with Crippen LogP contribution < -0.4 is 10.1 Å². The van der Waals surface area contributed by atoms with Gasteiger partial charge in [-0.1, -0.05) is 0 Å². The van der Waals surface area contributed by atoms with Crippen molar-refractivity contribution in [2.75, 3.05) is 7.05 Å². The van der Waals surface area contributed by atoms with E-state index in [4.69, 9.17) is 4.74 Å². The molecule has 0 spiro atoms. The molecule has 1 aliphatic rings. The first-order valence-electron chi connectivity index (χ1n) is 5.93. The van der Waals surface area contributed by atoms with Crippen LogP contribution in [0.3, 0.4) is 0 Å². The lowest BCUT2D eigenvalue weighted by Gasteiger charge is -2.31. The van der Waals surface area contributed by atoms with Gasteiger partial charge in [0.25, 0.3) is 0 Å². The molecule has 1 aromatic carbocycles. The van der Waals surface area contributed by atoms with Crippen LogP contribution in [0.2, 0.25) is 0 Å². The van der Waals surface area contributed by atoms with Crippen molar-refractivity contribution in [1.82, 2.24) is 5.32 Å². The summed E-state index contributed by atoms with van der Waals surface area (Å²) in [5.74, 6) is 0.560. The van der Waals surface area contributed by atoms with Crippen LogP contribution >= 0.6 is 11.3 Å². The predicted molar refractivity (Wildman–Crippen MR) is 70.5 cm³/mol. The second-order valence-electron chi connectivity index (χ2n) is 4.42. The van der Waals surface area contributed by atoms with Gasteiger partial charge in [-0.2, -0.15) is 11.3 Å². The van der Waals surface area contributed by atoms with E-state index in [1.54, 1.807) is 23.5 Å². The van der Waals surface area contributed by atoms with Gasteiger partial charge in [0.1, 0.15) is 17.7 Å². The van der Waals surface area contributed by atoms with Crippen LogP contribution in [-0.4, -0.2) is 7.05 Å². The number of rotatable bonds is 2. The number of ether oxygens (including phenoxy) is 1. The van der Waals surface area contributed by atoms with Crippen molar-refractivity contribution in [2.45, 2.75) is 18.6 Å². The van der Waals surface area contributed by atoms with Gasteiger partial charge in [-0.3, -0.25) is 0 Å². The first-order chi connectivity index (χ1) is 8.78. The van der Waals surface area contributed by atoms with E-state index < -0.39 is 0 Å². The molecule has 18 heavy (non-hydrogen) atoms. The summed E-state index contributed by atoms with van der Waals surface area (Å²) >= 11 is 1.67. The van der Waals surface area contributed by atoms with E-state index >= 15 is 0 Å². The third kappa shape index (κ3) is 2.02. The van der Waals surface area contributed by atoms with E-state index in [0.717, 1.165) is 17.7 Å². The largest absolute Gasteiger partial charge is 0.485 e. The molecule has 94 valence electrons. The molecule has 0 aliphatic carbocycles. The van der Waals surface area contributed by atoms with E-state index in [1.807, 2.05) is 12.4 Å². The number of nitrogens with one attached hydrogen (secondary N) is 1. The number of halogens is 1. The first kappa shape index (κ1) is 11.7. The van der Waals surface area contributed by atoms with Crippen molar-refractivity contribution in [3.63, 3.8) is 0 Å². The molecule has 2 heterocycles. The van der Waals surface area contributed by atoms with Crippen LogP contribution in [-0.2, 0) is 0 Å². The van der Waals surface area contributed by atoms with Crippen LogP contribution in [0.4, 0.5) is 4.39 Å². The highest BCUT2D eigenvalue weighted by molar-refractivity contribution is 7.07. The van der Waals surface area contributed by atoms with Crippen LogP contribution in [0.25, 0.3) is 0 Å². The second kappa shape index (κ2) is 4.71. The summed E-state index contributed by atoms with van der Waals surface area (Å²) in [6, 6.07) is 6.93. The fourth-order valence-corrected chi connectivity index (χ4v) is 3.08. The van der Waals surface area contributed by atoms with Gasteiger partial charge >= 0.3 is 0 Å². The topological polar surface area (TPSA) is 21.3 Å². The lowest BCUT2D eigenvalue weighted by Crippen LogP contribution is -2.26. The Morgan fingerprint density at radius 1 is 1.39 bits per heavy atom. The van der Waals surface area contributed by atoms with Crippen LogP contribution in [0.1, 0.15) is 29.7 Å². The summed E-state index contributed by atoms with van der Waals surface area (Å²) in [6.07, 6.45) is 0.871. The van der Waals surface area contributed by atoms with Gasteiger partial charge in [0, 0.05) is 23.6 Å². The van der Waals surface area contributed by atoms with Crippen molar-refractivity contribution in [3.8, 4) is 5.75 Å². The van der Waals surface area contributed by atoms with Crippen molar-refractivity contribution in [2.24, 2.45) is 0 Å². The fourth-order valence-electron chi connectivity index (χ4n) is 2.38. The number of hydrogen-bond acceptors (Lipinski definition) is 3. The Balaban J connectivity index is 1.97. The molecule has 0 fully saturated rings. The first-order valence-corrected chi connectivity index (χ1v) is 6.87. The summed E-state index contributed by atoms with van der Waals surface area (Å²) in [4.78, 5) is 0. The average Bonchev–Trinajstić information content (AvgIpc) is 2.91. The average molecular weight is 263 g/mol. The minimum absolute atomic E-state index is 0.0478. The number of fused-ring (bicyclic) bond motifs is 1. The zero-order valence-corrected chi connectivity index (χ0v) is 10.8. The summed E-state index contributed by atoms with van der Waals surface area (Å²) in [5.41, 5.74) is 2.10. The van der Waals surface area contributed by atoms with E-state index in [1.165, 1.54) is 11.6 Å². The Morgan fingerprint density at radius 3 is 3.00 bits per heavy atom. The SMILES string of the molecule is CNC1CC(c2ccsc2)Oc2ccc(F)cc21. The van der Waals surface area contributed by atoms with Crippen molar-refractivity contribution in [1.29, 1.82) is 0 Å². The highest BCUT2D eigenvalue weighted by Gasteiger charge is 2.28. The molecule has 4 heteroatoms. The maximum atomic E-state index is 13.3. The van der Waals surface area contributed by atoms with Gasteiger partial charge in [-0.15, -0.1) is 0 Å². The van der Waals surface area contributed by atoms with Crippen LogP contribution in [0.15, 0.2) is 35.0 Å². The number of hydrogen-bond donors (Lipinski definition) is 1. The maximum absolute atomic E-state index is 13.3. The number of benzene rings is 1. The Labute approximate surface area is 109 Å². The molecule has 2 atom stereocenters. The molecule has 2 nitrogen and oxygen atoms in total. The Morgan fingerprint density at radius 2 is 2.28 bits per heavy atom. The van der Waals surface area contributed by atoms with E-state index in [0.29, 0.717) is 0 Å². The molecule has 1 aliphatic heterocycles. The molecule has 0 saturated carbocycles. The lowest BCUT2D eigenvalue weighted by molar-refractivity contribution is 0.154. The van der Waals surface area contributed by atoms with Crippen molar-refractivity contribution >= 4 is 11.3 Å². The van der Waals surface area contributed by atoms with Gasteiger partial charge in [-0.25, -0.2) is 4.39 Å². The molecule has 0 radical (unpaired) electrons. The summed E-state index contributed by atoms with van der Waals surface area (Å²) < 4.78 is 19.3. The third-order valence-electron chi connectivity index (χ3n) is 3.33. The monoisotopic (exact) mass is 263 g/mol. The van der Waals surface area contributed by atoms with Gasteiger partial charge in [0.15, 0.2) is 0 Å². The zero-order valence-electron chi connectivity index (χ0n) is 10.0. The quantitative estimate of drug-likeness (QED) is 0.892. The van der Waals surface area contributed by atoms with Crippen LogP contribution in [0, 0.1) is 5.82 Å². The Bertz CT molecular complexity index is 541. The molecule has 0 bridgehead atoms. The van der Waals surface area contributed by atoms with Gasteiger partial charge < -0.3 is 10.1 Å². The third-order valence-corrected chi connectivity index (χ3v) is 4.03. The molecule has 2 unspecified atom stereocenters. The van der Waals surface area contributed by atoms with Gasteiger partial charge in [-0.05, 0) is 42.1 Å². The lowest BCUT2D eigenvalue weighted by atomic mass is 9.94. The van der Waals surface area contributed by atoms with Crippen LogP contribution in [0.5, 0.6) is 5.75 Å². The van der Waals surface area contributed by atoms with E-state index in [9.17, 15) is 4.39 Å². The van der Waals surface area contributed by atoms with Gasteiger partial charge in [0.2, 0.25) is 0 Å². The summed E-state index contributed by atoms with van der Waals surface area (Å²) in [7, 11) is 1.90. The zero-order chi connectivity index (χ0) is 12.5. The normalized spacial score (nSPS) is 22.3. The summed E-state index contributed by atoms with van der Waals surface area (Å²) in [6.45, 7) is 0. The minimum atomic E-state index is -0.216. The molecule has 1 N–H and O–H groups in total. The highest BCUT2D eigenvalue weighted by Crippen LogP contribution is 2.41. The number of thiophene rings is 1. The minimum Gasteiger partial charge on any atom is -0.485 e. The standard InChI is InChI=1S/C14H14FNOS/c1-16-12-7-14(9-4-5-18-8-9)17-13-3-2-10(15)6-11(12)13/h2-6,8,12,14,16H,7H2,1H3. The van der Waals surface area contributed by atoms with Crippen molar-refractivity contribution < 1.29 is 9.13 Å². The van der Waals surface area contributed by atoms with Gasteiger partial charge in [0.05, 0.1) is 0 Å². The Kier molecular flexibility index (Phi) is 3.06. The predicted octanol–water partition coefficient (Wildman–Crippen LogP) is 3.67. The molecule has 0 saturated heterocycles. The van der Waals surface area contributed by atoms with E-state index in [-0.39, 0.29) is 18.0 Å². The molecule has 1 aromatic heterocycles. The highest BCUT2D eigenvalue weighted by atomic mass is 32.1. The van der Waals surface area contributed by atoms with Crippen molar-refractivity contribution in [3.05, 3.63) is 52.0 Å². The maximum Gasteiger partial charge on any atom is 0.126 e. The molecular formula is C14H14FNOS. The molecule has 0 amide bonds. The Hall–Kier alpha value is -1.39. The fraction of sp³-hybridized carbons (Fsp3) is 0.286. The summed E-state index contributed by atoms with van der Waals surface area (Å²) in [5, 5.41) is 7.39.